The maximum Gasteiger partial charge on any atom is 0.258 e. The molecule has 0 spiro atoms. The molecule has 0 saturated carbocycles. The highest BCUT2D eigenvalue weighted by Gasteiger charge is 2.15. The van der Waals surface area contributed by atoms with E-state index in [1.807, 2.05) is 0 Å². The van der Waals surface area contributed by atoms with Crippen LogP contribution in [-0.4, -0.2) is 34.9 Å². The van der Waals surface area contributed by atoms with Gasteiger partial charge in [0.15, 0.2) is 0 Å². The molecule has 0 atom stereocenters. The summed E-state index contributed by atoms with van der Waals surface area (Å²) in [7, 11) is 0. The van der Waals surface area contributed by atoms with E-state index in [1.165, 1.54) is 19.3 Å². The molecular weight excluding hydrogens is 306 g/mol. The molecule has 2 N–H and O–H groups in total. The number of rotatable bonds is 4. The lowest BCUT2D eigenvalue weighted by molar-refractivity contribution is -0.114. The number of hydrogen-bond acceptors (Lipinski definition) is 5. The predicted molar refractivity (Wildman–Crippen MR) is 92.2 cm³/mol. The SMILES string of the molecule is CC(=O)Nc1cccc(NC(=O)c2cnc(N3CCCC3)nc2)c1. The largest absolute Gasteiger partial charge is 0.341 e. The highest BCUT2D eigenvalue weighted by Crippen LogP contribution is 2.17. The highest BCUT2D eigenvalue weighted by atomic mass is 16.2. The Morgan fingerprint density at radius 3 is 2.29 bits per heavy atom. The quantitative estimate of drug-likeness (QED) is 0.900. The van der Waals surface area contributed by atoms with Crippen molar-refractivity contribution < 1.29 is 9.59 Å². The normalized spacial score (nSPS) is 13.6. The molecule has 1 aromatic heterocycles. The molecule has 124 valence electrons. The van der Waals surface area contributed by atoms with Crippen LogP contribution in [0.25, 0.3) is 0 Å². The van der Waals surface area contributed by atoms with E-state index >= 15 is 0 Å². The maximum absolute atomic E-state index is 12.3. The Kier molecular flexibility index (Phi) is 4.69. The highest BCUT2D eigenvalue weighted by molar-refractivity contribution is 6.04. The number of hydrogen-bond donors (Lipinski definition) is 2. The average Bonchev–Trinajstić information content (AvgIpc) is 3.09. The molecule has 3 rings (SSSR count). The first kappa shape index (κ1) is 15.9. The van der Waals surface area contributed by atoms with Gasteiger partial charge in [-0.15, -0.1) is 0 Å². The maximum atomic E-state index is 12.3. The standard InChI is InChI=1S/C17H19N5O2/c1-12(23)20-14-5-4-6-15(9-14)21-16(24)13-10-18-17(19-11-13)22-7-2-3-8-22/h4-6,9-11H,2-3,7-8H2,1H3,(H,20,23)(H,21,24). The molecule has 0 bridgehead atoms. The van der Waals surface area contributed by atoms with Gasteiger partial charge in [-0.05, 0) is 31.0 Å². The van der Waals surface area contributed by atoms with Crippen LogP contribution >= 0.6 is 0 Å². The first-order chi connectivity index (χ1) is 11.6. The van der Waals surface area contributed by atoms with Crippen molar-refractivity contribution in [3.05, 3.63) is 42.2 Å². The summed E-state index contributed by atoms with van der Waals surface area (Å²) in [6, 6.07) is 6.96. The van der Waals surface area contributed by atoms with Crippen LogP contribution in [0.4, 0.5) is 17.3 Å². The van der Waals surface area contributed by atoms with E-state index < -0.39 is 0 Å². The number of nitrogens with one attached hydrogen (secondary N) is 2. The van der Waals surface area contributed by atoms with Crippen molar-refractivity contribution in [3.8, 4) is 0 Å². The van der Waals surface area contributed by atoms with Crippen molar-refractivity contribution >= 4 is 29.1 Å². The van der Waals surface area contributed by atoms with Crippen molar-refractivity contribution in [2.45, 2.75) is 19.8 Å². The van der Waals surface area contributed by atoms with Crippen LogP contribution in [0.2, 0.25) is 0 Å². The van der Waals surface area contributed by atoms with E-state index in [-0.39, 0.29) is 11.8 Å². The fourth-order valence-electron chi connectivity index (χ4n) is 2.60. The van der Waals surface area contributed by atoms with E-state index in [2.05, 4.69) is 25.5 Å². The van der Waals surface area contributed by atoms with E-state index in [1.54, 1.807) is 24.3 Å². The zero-order chi connectivity index (χ0) is 16.9. The number of carbonyl (C=O) groups is 2. The Morgan fingerprint density at radius 1 is 1.04 bits per heavy atom. The predicted octanol–water partition coefficient (Wildman–Crippen LogP) is 2.29. The number of carbonyl (C=O) groups excluding carboxylic acids is 2. The van der Waals surface area contributed by atoms with Crippen molar-refractivity contribution in [2.75, 3.05) is 28.6 Å². The van der Waals surface area contributed by atoms with Gasteiger partial charge in [0.2, 0.25) is 11.9 Å². The van der Waals surface area contributed by atoms with E-state index in [4.69, 9.17) is 0 Å². The fraction of sp³-hybridized carbons (Fsp3) is 0.294. The van der Waals surface area contributed by atoms with Gasteiger partial charge < -0.3 is 15.5 Å². The van der Waals surface area contributed by atoms with Crippen molar-refractivity contribution in [2.24, 2.45) is 0 Å². The monoisotopic (exact) mass is 325 g/mol. The molecule has 0 unspecified atom stereocenters. The summed E-state index contributed by atoms with van der Waals surface area (Å²) in [4.78, 5) is 34.0. The lowest BCUT2D eigenvalue weighted by atomic mass is 10.2. The Labute approximate surface area is 140 Å². The Balaban J connectivity index is 1.67. The van der Waals surface area contributed by atoms with Crippen LogP contribution in [0.1, 0.15) is 30.1 Å². The number of amides is 2. The van der Waals surface area contributed by atoms with Crippen LogP contribution in [-0.2, 0) is 4.79 Å². The van der Waals surface area contributed by atoms with Crippen molar-refractivity contribution in [1.29, 1.82) is 0 Å². The molecule has 2 amide bonds. The van der Waals surface area contributed by atoms with Gasteiger partial charge in [0.1, 0.15) is 0 Å². The minimum absolute atomic E-state index is 0.163. The van der Waals surface area contributed by atoms with Gasteiger partial charge in [-0.2, -0.15) is 0 Å². The zero-order valence-corrected chi connectivity index (χ0v) is 13.5. The molecule has 7 nitrogen and oxygen atoms in total. The molecule has 0 radical (unpaired) electrons. The van der Waals surface area contributed by atoms with Crippen LogP contribution in [0.3, 0.4) is 0 Å². The summed E-state index contributed by atoms with van der Waals surface area (Å²) in [6.45, 7) is 3.35. The summed E-state index contributed by atoms with van der Waals surface area (Å²) in [5.41, 5.74) is 1.61. The number of benzene rings is 1. The summed E-state index contributed by atoms with van der Waals surface area (Å²) < 4.78 is 0. The van der Waals surface area contributed by atoms with E-state index in [9.17, 15) is 9.59 Å². The number of anilines is 3. The van der Waals surface area contributed by atoms with E-state index in [0.29, 0.717) is 22.9 Å². The molecule has 7 heteroatoms. The van der Waals surface area contributed by atoms with Crippen molar-refractivity contribution in [1.82, 2.24) is 9.97 Å². The third-order valence-corrected chi connectivity index (χ3v) is 3.73. The molecule has 1 fully saturated rings. The Hall–Kier alpha value is -2.96. The van der Waals surface area contributed by atoms with Gasteiger partial charge >= 0.3 is 0 Å². The van der Waals surface area contributed by atoms with Gasteiger partial charge in [0, 0.05) is 43.8 Å². The van der Waals surface area contributed by atoms with E-state index in [0.717, 1.165) is 25.9 Å². The third-order valence-electron chi connectivity index (χ3n) is 3.73. The number of aromatic nitrogens is 2. The molecule has 0 aliphatic carbocycles. The third kappa shape index (κ3) is 3.87. The Morgan fingerprint density at radius 2 is 1.67 bits per heavy atom. The second kappa shape index (κ2) is 7.08. The topological polar surface area (TPSA) is 87.2 Å². The van der Waals surface area contributed by atoms with Gasteiger partial charge in [0.25, 0.3) is 5.91 Å². The lowest BCUT2D eigenvalue weighted by Gasteiger charge is -2.14. The second-order valence-corrected chi connectivity index (χ2v) is 5.68. The minimum Gasteiger partial charge on any atom is -0.341 e. The molecule has 1 saturated heterocycles. The van der Waals surface area contributed by atoms with Crippen LogP contribution < -0.4 is 15.5 Å². The molecule has 24 heavy (non-hydrogen) atoms. The molecule has 2 aromatic rings. The summed E-state index contributed by atoms with van der Waals surface area (Å²) in [6.07, 6.45) is 5.37. The van der Waals surface area contributed by atoms with Gasteiger partial charge in [-0.25, -0.2) is 9.97 Å². The average molecular weight is 325 g/mol. The first-order valence-electron chi connectivity index (χ1n) is 7.88. The minimum atomic E-state index is -0.289. The van der Waals surface area contributed by atoms with Crippen LogP contribution in [0, 0.1) is 0 Å². The summed E-state index contributed by atoms with van der Waals surface area (Å²) in [5, 5.41) is 5.45. The molecule has 1 aromatic carbocycles. The first-order valence-corrected chi connectivity index (χ1v) is 7.88. The summed E-state index contributed by atoms with van der Waals surface area (Å²) >= 11 is 0. The fourth-order valence-corrected chi connectivity index (χ4v) is 2.60. The summed E-state index contributed by atoms with van der Waals surface area (Å²) in [5.74, 6) is 0.212. The second-order valence-electron chi connectivity index (χ2n) is 5.68. The number of nitrogens with zero attached hydrogens (tertiary/aromatic N) is 3. The van der Waals surface area contributed by atoms with Gasteiger partial charge in [0.05, 0.1) is 5.56 Å². The van der Waals surface area contributed by atoms with Gasteiger partial charge in [-0.1, -0.05) is 6.07 Å². The lowest BCUT2D eigenvalue weighted by Crippen LogP contribution is -2.21. The smallest absolute Gasteiger partial charge is 0.258 e. The molecule has 1 aliphatic rings. The molecule has 2 heterocycles. The van der Waals surface area contributed by atoms with Gasteiger partial charge in [-0.3, -0.25) is 9.59 Å². The Bertz CT molecular complexity index is 739. The zero-order valence-electron chi connectivity index (χ0n) is 13.5. The van der Waals surface area contributed by atoms with Crippen LogP contribution in [0.15, 0.2) is 36.7 Å². The molecular formula is C17H19N5O2. The molecule has 1 aliphatic heterocycles. The van der Waals surface area contributed by atoms with Crippen LogP contribution in [0.5, 0.6) is 0 Å². The van der Waals surface area contributed by atoms with Crippen molar-refractivity contribution in [3.63, 3.8) is 0 Å².